The highest BCUT2D eigenvalue weighted by Crippen LogP contribution is 2.36. The van der Waals surface area contributed by atoms with E-state index < -0.39 is 11.1 Å². The van der Waals surface area contributed by atoms with Gasteiger partial charge in [-0.2, -0.15) is 13.2 Å². The molecule has 2 aromatic rings. The van der Waals surface area contributed by atoms with Crippen molar-refractivity contribution in [2.45, 2.75) is 32.9 Å². The molecule has 0 bridgehead atoms. The highest BCUT2D eigenvalue weighted by Gasteiger charge is 2.34. The standard InChI is InChI=1S/C16H20F3N5S/c1-10(2)14-21-11(3)8-13(22-14)23-4-6-24(7-5-23)15-20-9-12(25-15)16(17,18)19/h8-10H,4-7H2,1-3H3. The predicted molar refractivity (Wildman–Crippen MR) is 92.4 cm³/mol. The molecule has 0 aliphatic carbocycles. The van der Waals surface area contributed by atoms with E-state index in [1.165, 1.54) is 0 Å². The minimum Gasteiger partial charge on any atom is -0.353 e. The molecular formula is C16H20F3N5S. The molecule has 3 heterocycles. The lowest BCUT2D eigenvalue weighted by atomic mass is 10.2. The normalized spacial score (nSPS) is 16.0. The number of hydrogen-bond acceptors (Lipinski definition) is 6. The van der Waals surface area contributed by atoms with Gasteiger partial charge in [-0.25, -0.2) is 15.0 Å². The molecule has 0 saturated carbocycles. The van der Waals surface area contributed by atoms with E-state index in [4.69, 9.17) is 0 Å². The lowest BCUT2D eigenvalue weighted by Crippen LogP contribution is -2.47. The molecule has 9 heteroatoms. The van der Waals surface area contributed by atoms with Crippen LogP contribution < -0.4 is 9.80 Å². The Balaban J connectivity index is 1.69. The Labute approximate surface area is 148 Å². The average molecular weight is 371 g/mol. The molecule has 0 amide bonds. The van der Waals surface area contributed by atoms with E-state index in [0.717, 1.165) is 23.5 Å². The van der Waals surface area contributed by atoms with Crippen molar-refractivity contribution >= 4 is 22.3 Å². The number of alkyl halides is 3. The highest BCUT2D eigenvalue weighted by molar-refractivity contribution is 7.15. The maximum absolute atomic E-state index is 12.7. The first-order chi connectivity index (χ1) is 11.7. The van der Waals surface area contributed by atoms with E-state index in [1.54, 1.807) is 0 Å². The third-order valence-electron chi connectivity index (χ3n) is 4.02. The smallest absolute Gasteiger partial charge is 0.353 e. The summed E-state index contributed by atoms with van der Waals surface area (Å²) >= 11 is 0.698. The molecule has 136 valence electrons. The summed E-state index contributed by atoms with van der Waals surface area (Å²) in [5, 5.41) is 0.425. The highest BCUT2D eigenvalue weighted by atomic mass is 32.1. The number of aryl methyl sites for hydroxylation is 1. The molecule has 0 radical (unpaired) electrons. The fourth-order valence-corrected chi connectivity index (χ4v) is 3.50. The van der Waals surface area contributed by atoms with Gasteiger partial charge in [0.1, 0.15) is 16.5 Å². The first-order valence-electron chi connectivity index (χ1n) is 8.12. The average Bonchev–Trinajstić information content (AvgIpc) is 3.04. The van der Waals surface area contributed by atoms with Crippen LogP contribution in [0.2, 0.25) is 0 Å². The van der Waals surface area contributed by atoms with Gasteiger partial charge in [-0.05, 0) is 6.92 Å². The molecule has 2 aromatic heterocycles. The van der Waals surface area contributed by atoms with Crippen molar-refractivity contribution in [2.24, 2.45) is 0 Å². The van der Waals surface area contributed by atoms with Crippen LogP contribution in [-0.2, 0) is 6.18 Å². The van der Waals surface area contributed by atoms with Crippen molar-refractivity contribution in [1.29, 1.82) is 0 Å². The number of anilines is 2. The molecule has 3 rings (SSSR count). The molecule has 1 fully saturated rings. The lowest BCUT2D eigenvalue weighted by molar-refractivity contribution is -0.134. The Morgan fingerprint density at radius 2 is 1.72 bits per heavy atom. The molecule has 5 nitrogen and oxygen atoms in total. The van der Waals surface area contributed by atoms with Crippen LogP contribution in [0, 0.1) is 6.92 Å². The zero-order valence-electron chi connectivity index (χ0n) is 14.3. The largest absolute Gasteiger partial charge is 0.427 e. The van der Waals surface area contributed by atoms with Crippen LogP contribution in [0.15, 0.2) is 12.3 Å². The molecule has 0 aromatic carbocycles. The van der Waals surface area contributed by atoms with Crippen molar-refractivity contribution in [3.05, 3.63) is 28.7 Å². The number of hydrogen-bond donors (Lipinski definition) is 0. The maximum atomic E-state index is 12.7. The zero-order valence-corrected chi connectivity index (χ0v) is 15.2. The summed E-state index contributed by atoms with van der Waals surface area (Å²) in [5.41, 5.74) is 0.922. The Morgan fingerprint density at radius 3 is 2.28 bits per heavy atom. The first kappa shape index (κ1) is 17.9. The van der Waals surface area contributed by atoms with E-state index >= 15 is 0 Å². The van der Waals surface area contributed by atoms with Gasteiger partial charge in [0.25, 0.3) is 0 Å². The van der Waals surface area contributed by atoms with E-state index in [-0.39, 0.29) is 5.92 Å². The number of piperazine rings is 1. The fourth-order valence-electron chi connectivity index (χ4n) is 2.66. The molecule has 0 N–H and O–H groups in total. The van der Waals surface area contributed by atoms with Gasteiger partial charge in [-0.15, -0.1) is 0 Å². The molecule has 1 aliphatic heterocycles. The Hall–Kier alpha value is -1.90. The Bertz CT molecular complexity index is 736. The molecule has 0 atom stereocenters. The second kappa shape index (κ2) is 6.78. The van der Waals surface area contributed by atoms with Crippen molar-refractivity contribution < 1.29 is 13.2 Å². The van der Waals surface area contributed by atoms with Gasteiger partial charge in [-0.3, -0.25) is 0 Å². The third-order valence-corrected chi connectivity index (χ3v) is 5.12. The summed E-state index contributed by atoms with van der Waals surface area (Å²) in [6, 6.07) is 1.95. The van der Waals surface area contributed by atoms with Crippen molar-refractivity contribution in [3.8, 4) is 0 Å². The van der Waals surface area contributed by atoms with Gasteiger partial charge in [-0.1, -0.05) is 25.2 Å². The van der Waals surface area contributed by atoms with Gasteiger partial charge in [0.15, 0.2) is 5.13 Å². The quantitative estimate of drug-likeness (QED) is 0.823. The topological polar surface area (TPSA) is 45.2 Å². The van der Waals surface area contributed by atoms with E-state index in [2.05, 4.69) is 33.7 Å². The van der Waals surface area contributed by atoms with Crippen LogP contribution in [0.1, 0.15) is 36.2 Å². The van der Waals surface area contributed by atoms with Crippen LogP contribution in [-0.4, -0.2) is 41.1 Å². The number of thiazole rings is 1. The fraction of sp³-hybridized carbons (Fsp3) is 0.562. The molecule has 1 aliphatic rings. The predicted octanol–water partition coefficient (Wildman–Crippen LogP) is 3.71. The number of nitrogens with zero attached hydrogens (tertiary/aromatic N) is 5. The number of aromatic nitrogens is 3. The van der Waals surface area contributed by atoms with E-state index in [0.29, 0.717) is 42.6 Å². The summed E-state index contributed by atoms with van der Waals surface area (Å²) < 4.78 is 38.2. The van der Waals surface area contributed by atoms with Gasteiger partial charge in [0.05, 0.1) is 6.20 Å². The van der Waals surface area contributed by atoms with Gasteiger partial charge in [0, 0.05) is 43.9 Å². The molecule has 1 saturated heterocycles. The summed E-state index contributed by atoms with van der Waals surface area (Å²) in [4.78, 5) is 16.4. The van der Waals surface area contributed by atoms with Crippen LogP contribution in [0.25, 0.3) is 0 Å². The number of rotatable bonds is 3. The van der Waals surface area contributed by atoms with Crippen LogP contribution in [0.4, 0.5) is 24.1 Å². The third kappa shape index (κ3) is 4.02. The molecule has 25 heavy (non-hydrogen) atoms. The van der Waals surface area contributed by atoms with Crippen LogP contribution in [0.3, 0.4) is 0 Å². The maximum Gasteiger partial charge on any atom is 0.427 e. The van der Waals surface area contributed by atoms with E-state index in [9.17, 15) is 13.2 Å². The second-order valence-electron chi connectivity index (χ2n) is 6.36. The molecule has 0 spiro atoms. The van der Waals surface area contributed by atoms with E-state index in [1.807, 2.05) is 17.9 Å². The SMILES string of the molecule is Cc1cc(N2CCN(c3ncc(C(F)(F)F)s3)CC2)nc(C(C)C)n1. The number of halogens is 3. The van der Waals surface area contributed by atoms with Crippen molar-refractivity contribution in [3.63, 3.8) is 0 Å². The second-order valence-corrected chi connectivity index (χ2v) is 7.37. The van der Waals surface area contributed by atoms with Crippen LogP contribution >= 0.6 is 11.3 Å². The summed E-state index contributed by atoms with van der Waals surface area (Å²) in [7, 11) is 0. The van der Waals surface area contributed by atoms with Gasteiger partial charge < -0.3 is 9.80 Å². The van der Waals surface area contributed by atoms with Crippen molar-refractivity contribution in [1.82, 2.24) is 15.0 Å². The molecule has 0 unspecified atom stereocenters. The minimum absolute atomic E-state index is 0.246. The summed E-state index contributed by atoms with van der Waals surface area (Å²) in [6.07, 6.45) is -3.42. The Morgan fingerprint density at radius 1 is 1.08 bits per heavy atom. The van der Waals surface area contributed by atoms with Crippen molar-refractivity contribution in [2.75, 3.05) is 36.0 Å². The Kier molecular flexibility index (Phi) is 4.86. The minimum atomic E-state index is -4.33. The summed E-state index contributed by atoms with van der Waals surface area (Å²) in [5.74, 6) is 1.94. The van der Waals surface area contributed by atoms with Gasteiger partial charge in [0.2, 0.25) is 0 Å². The first-order valence-corrected chi connectivity index (χ1v) is 8.94. The summed E-state index contributed by atoms with van der Waals surface area (Å²) in [6.45, 7) is 8.66. The van der Waals surface area contributed by atoms with Gasteiger partial charge >= 0.3 is 6.18 Å². The lowest BCUT2D eigenvalue weighted by Gasteiger charge is -2.35. The van der Waals surface area contributed by atoms with Crippen LogP contribution in [0.5, 0.6) is 0 Å². The molecular weight excluding hydrogens is 351 g/mol. The zero-order chi connectivity index (χ0) is 18.2. The monoisotopic (exact) mass is 371 g/mol.